The van der Waals surface area contributed by atoms with Crippen LogP contribution in [0.3, 0.4) is 0 Å². The summed E-state index contributed by atoms with van der Waals surface area (Å²) < 4.78 is 23.0. The van der Waals surface area contributed by atoms with Crippen LogP contribution in [0.1, 0.15) is 258 Å². The lowest BCUT2D eigenvalue weighted by Crippen LogP contribution is -2.40. The zero-order valence-corrected chi connectivity index (χ0v) is 64.2. The number of ether oxygens (including phenoxy) is 4. The van der Waals surface area contributed by atoms with Gasteiger partial charge in [-0.15, -0.1) is 0 Å². The lowest BCUT2D eigenvalue weighted by molar-refractivity contribution is -0.870. The second-order valence-corrected chi connectivity index (χ2v) is 26.2. The van der Waals surface area contributed by atoms with E-state index in [2.05, 4.69) is 257 Å². The van der Waals surface area contributed by atoms with Crippen LogP contribution in [0, 0.1) is 0 Å². The van der Waals surface area contributed by atoms with Crippen molar-refractivity contribution in [3.05, 3.63) is 243 Å². The number of aliphatic carboxylic acids is 1. The van der Waals surface area contributed by atoms with E-state index in [-0.39, 0.29) is 38.6 Å². The zero-order valence-electron chi connectivity index (χ0n) is 64.2. The van der Waals surface area contributed by atoms with Gasteiger partial charge in [0.2, 0.25) is 0 Å². The number of carbonyl (C=O) groups excluding carboxylic acids is 2. The van der Waals surface area contributed by atoms with E-state index in [4.69, 9.17) is 18.9 Å². The van der Waals surface area contributed by atoms with Gasteiger partial charge >= 0.3 is 17.9 Å². The Morgan fingerprint density at radius 2 is 0.535 bits per heavy atom. The Bertz CT molecular complexity index is 2570. The molecule has 0 fully saturated rings. The second-order valence-electron chi connectivity index (χ2n) is 26.2. The standard InChI is InChI=1S/C92H141NO8/c1-6-8-10-12-14-16-18-20-22-24-26-28-30-32-34-36-38-40-42-43-44-45-46-47-49-51-53-55-57-59-61-63-65-67-69-71-73-75-77-79-81-83-90(95)101-88(87-100-92(91(96)97)98-85-84-93(3,4)5)86-99-89(94)82-80-78-76-74-72-70-68-66-64-62-60-58-56-54-52-50-48-41-39-37-35-33-31-29-27-25-23-21-19-17-15-13-11-9-7-2/h8-11,14-17,20-23,26-29,32-35,38-41,43-44,46-47,50-53,56-59,62-65,88,92H,6-7,12-13,18-19,24-25,30-31,36-37,42,45,48-49,54-55,60-61,66-87H2,1-5H3/p+1/b10-8-,11-9-,16-14-,17-15-,22-20-,23-21-,28-26-,29-27-,34-32-,35-33-,40-38-,41-39-,44-43-,47-46-,52-50-,53-51-,58-56-,59-57-,64-62-,65-63-. The summed E-state index contributed by atoms with van der Waals surface area (Å²) in [6, 6.07) is 0. The number of carbonyl (C=O) groups is 3. The summed E-state index contributed by atoms with van der Waals surface area (Å²) in [5.41, 5.74) is 0. The Labute approximate surface area is 618 Å². The Morgan fingerprint density at radius 1 is 0.297 bits per heavy atom. The van der Waals surface area contributed by atoms with Gasteiger partial charge in [0, 0.05) is 12.8 Å². The van der Waals surface area contributed by atoms with Crippen molar-refractivity contribution < 1.29 is 42.9 Å². The van der Waals surface area contributed by atoms with Crippen LogP contribution in [0.5, 0.6) is 0 Å². The first-order chi connectivity index (χ1) is 49.6. The molecule has 0 spiro atoms. The number of rotatable bonds is 69. The Kier molecular flexibility index (Phi) is 73.4. The maximum atomic E-state index is 13.0. The monoisotopic (exact) mass is 1390 g/mol. The predicted octanol–water partition coefficient (Wildman–Crippen LogP) is 25.6. The molecule has 9 heteroatoms. The van der Waals surface area contributed by atoms with Crippen molar-refractivity contribution in [2.24, 2.45) is 0 Å². The van der Waals surface area contributed by atoms with Gasteiger partial charge in [0.25, 0.3) is 6.29 Å². The first-order valence-corrected chi connectivity index (χ1v) is 39.2. The average Bonchev–Trinajstić information content (AvgIpc) is 1.21. The molecule has 0 rings (SSSR count). The minimum absolute atomic E-state index is 0.170. The highest BCUT2D eigenvalue weighted by Gasteiger charge is 2.25. The fraction of sp³-hybridized carbons (Fsp3) is 0.533. The summed E-state index contributed by atoms with van der Waals surface area (Å²) in [4.78, 5) is 37.7. The van der Waals surface area contributed by atoms with Gasteiger partial charge in [0.15, 0.2) is 6.10 Å². The summed E-state index contributed by atoms with van der Waals surface area (Å²) in [7, 11) is 5.95. The highest BCUT2D eigenvalue weighted by molar-refractivity contribution is 5.71. The summed E-state index contributed by atoms with van der Waals surface area (Å²) in [5.74, 6) is -2.06. The number of hydrogen-bond donors (Lipinski definition) is 1. The van der Waals surface area contributed by atoms with Crippen molar-refractivity contribution in [3.63, 3.8) is 0 Å². The lowest BCUT2D eigenvalue weighted by Gasteiger charge is -2.25. The van der Waals surface area contributed by atoms with Crippen molar-refractivity contribution >= 4 is 17.9 Å². The van der Waals surface area contributed by atoms with Crippen molar-refractivity contribution in [1.82, 2.24) is 0 Å². The van der Waals surface area contributed by atoms with Crippen LogP contribution in [-0.2, 0) is 33.3 Å². The fourth-order valence-corrected chi connectivity index (χ4v) is 9.72. The van der Waals surface area contributed by atoms with E-state index in [1.54, 1.807) is 0 Å². The molecule has 0 aliphatic carbocycles. The third-order valence-electron chi connectivity index (χ3n) is 15.6. The smallest absolute Gasteiger partial charge is 0.361 e. The summed E-state index contributed by atoms with van der Waals surface area (Å²) >= 11 is 0. The minimum atomic E-state index is -1.53. The average molecular weight is 1390 g/mol. The van der Waals surface area contributed by atoms with E-state index in [9.17, 15) is 19.5 Å². The van der Waals surface area contributed by atoms with E-state index in [0.29, 0.717) is 17.4 Å². The van der Waals surface area contributed by atoms with Gasteiger partial charge in [-0.2, -0.15) is 0 Å². The molecule has 0 amide bonds. The van der Waals surface area contributed by atoms with Crippen molar-refractivity contribution in [1.29, 1.82) is 0 Å². The second kappa shape index (κ2) is 78.8. The molecule has 1 N–H and O–H groups in total. The molecule has 0 radical (unpaired) electrons. The SMILES string of the molecule is CC/C=C\C/C=C\C/C=C\C/C=C\C/C=C\C/C=C\C/C=C\C/C=C\C/C=C\C/C=C\C/C=C\CCCCCCCCCC(=O)OC(COC(=O)CCCCCCCCC/C=C\C/C=C\C/C=C\C/C=C\C/C=C\C/C=C\C/C=C\C/C=C\C/C=C\CC)COC(OCC[N+](C)(C)C)C(=O)O. The number of unbranched alkanes of at least 4 members (excludes halogenated alkanes) is 14. The molecule has 0 aliphatic heterocycles. The zero-order chi connectivity index (χ0) is 73.2. The lowest BCUT2D eigenvalue weighted by atomic mass is 10.1. The molecule has 0 bridgehead atoms. The van der Waals surface area contributed by atoms with Crippen LogP contribution >= 0.6 is 0 Å². The molecule has 9 nitrogen and oxygen atoms in total. The molecule has 0 aliphatic rings. The number of hydrogen-bond acceptors (Lipinski definition) is 7. The number of nitrogens with zero attached hydrogens (tertiary/aromatic N) is 1. The van der Waals surface area contributed by atoms with E-state index < -0.39 is 24.3 Å². The van der Waals surface area contributed by atoms with Gasteiger partial charge < -0.3 is 28.5 Å². The minimum Gasteiger partial charge on any atom is -0.477 e. The van der Waals surface area contributed by atoms with E-state index in [1.165, 1.54) is 38.5 Å². The first kappa shape index (κ1) is 94.1. The molecule has 101 heavy (non-hydrogen) atoms. The molecule has 2 atom stereocenters. The highest BCUT2D eigenvalue weighted by Crippen LogP contribution is 2.15. The van der Waals surface area contributed by atoms with Gasteiger partial charge in [-0.1, -0.05) is 321 Å². The molecule has 0 aromatic carbocycles. The molecule has 562 valence electrons. The predicted molar refractivity (Wildman–Crippen MR) is 437 cm³/mol. The number of likely N-dealkylation sites (N-methyl/N-ethyl adjacent to an activating group) is 1. The van der Waals surface area contributed by atoms with E-state index in [0.717, 1.165) is 186 Å². The third kappa shape index (κ3) is 80.3. The van der Waals surface area contributed by atoms with Crippen LogP contribution in [0.25, 0.3) is 0 Å². The molecule has 0 aromatic rings. The summed E-state index contributed by atoms with van der Waals surface area (Å²) in [6.45, 7) is 4.59. The normalized spacial score (nSPS) is 14.0. The van der Waals surface area contributed by atoms with Gasteiger partial charge in [-0.05, 0) is 167 Å². The molecular weight excluding hydrogens is 1250 g/mol. The molecular formula is C92H142NO8+. The Hall–Kier alpha value is -6.91. The molecule has 0 saturated heterocycles. The van der Waals surface area contributed by atoms with Gasteiger partial charge in [-0.25, -0.2) is 4.79 Å². The highest BCUT2D eigenvalue weighted by atomic mass is 16.7. The largest absolute Gasteiger partial charge is 0.477 e. The van der Waals surface area contributed by atoms with Gasteiger partial charge in [0.05, 0.1) is 34.4 Å². The number of carboxylic acids is 1. The number of carboxylic acid groups (broad SMARTS) is 1. The molecule has 0 heterocycles. The maximum Gasteiger partial charge on any atom is 0.361 e. The van der Waals surface area contributed by atoms with Crippen LogP contribution in [0.4, 0.5) is 0 Å². The van der Waals surface area contributed by atoms with E-state index in [1.807, 2.05) is 21.1 Å². The van der Waals surface area contributed by atoms with Gasteiger partial charge in [-0.3, -0.25) is 9.59 Å². The van der Waals surface area contributed by atoms with Crippen molar-refractivity contribution in [3.8, 4) is 0 Å². The van der Waals surface area contributed by atoms with Crippen molar-refractivity contribution in [2.45, 2.75) is 270 Å². The Balaban J connectivity index is 4.23. The summed E-state index contributed by atoms with van der Waals surface area (Å²) in [5, 5.41) is 9.77. The third-order valence-corrected chi connectivity index (χ3v) is 15.6. The topological polar surface area (TPSA) is 108 Å². The van der Waals surface area contributed by atoms with E-state index >= 15 is 0 Å². The van der Waals surface area contributed by atoms with Crippen LogP contribution in [0.2, 0.25) is 0 Å². The number of quaternary nitrogens is 1. The number of esters is 2. The Morgan fingerprint density at radius 3 is 0.792 bits per heavy atom. The first-order valence-electron chi connectivity index (χ1n) is 39.2. The fourth-order valence-electron chi connectivity index (χ4n) is 9.72. The van der Waals surface area contributed by atoms with Crippen LogP contribution in [0.15, 0.2) is 243 Å². The molecule has 0 saturated carbocycles. The number of allylic oxidation sites excluding steroid dienone is 40. The van der Waals surface area contributed by atoms with Crippen molar-refractivity contribution in [2.75, 3.05) is 47.5 Å². The van der Waals surface area contributed by atoms with Gasteiger partial charge in [0.1, 0.15) is 13.2 Å². The molecule has 2 unspecified atom stereocenters. The van der Waals surface area contributed by atoms with Crippen LogP contribution in [-0.4, -0.2) is 87.4 Å². The summed E-state index contributed by atoms with van der Waals surface area (Å²) in [6.07, 6.45) is 124. The quantitative estimate of drug-likeness (QED) is 0.0211. The molecule has 0 aromatic heterocycles. The van der Waals surface area contributed by atoms with Crippen LogP contribution < -0.4 is 0 Å². The maximum absolute atomic E-state index is 13.0.